The van der Waals surface area contributed by atoms with Crippen LogP contribution in [-0.2, 0) is 13.2 Å². The van der Waals surface area contributed by atoms with Crippen molar-refractivity contribution in [3.8, 4) is 17.2 Å². The molecule has 0 N–H and O–H groups in total. The van der Waals surface area contributed by atoms with E-state index >= 15 is 0 Å². The molecule has 2 aromatic carbocycles. The van der Waals surface area contributed by atoms with Gasteiger partial charge in [-0.25, -0.2) is 4.68 Å². The molecular weight excluding hydrogens is 384 g/mol. The van der Waals surface area contributed by atoms with Gasteiger partial charge < -0.3 is 9.47 Å². The zero-order chi connectivity index (χ0) is 21.0. The van der Waals surface area contributed by atoms with E-state index < -0.39 is 0 Å². The van der Waals surface area contributed by atoms with Crippen molar-refractivity contribution in [3.05, 3.63) is 64.2 Å². The third kappa shape index (κ3) is 4.68. The molecule has 6 nitrogen and oxygen atoms in total. The minimum absolute atomic E-state index is 0.591. The second kappa shape index (κ2) is 9.24. The SMILES string of the molecule is CCOc1ccc(CN(C)Cn2nc(C)n(-c3ccccc3C)c2=S)cc1OC. The second-order valence-electron chi connectivity index (χ2n) is 7.03. The molecule has 1 heterocycles. The summed E-state index contributed by atoms with van der Waals surface area (Å²) in [5, 5.41) is 4.67. The van der Waals surface area contributed by atoms with Crippen molar-refractivity contribution in [2.45, 2.75) is 34.0 Å². The Kier molecular flexibility index (Phi) is 6.71. The van der Waals surface area contributed by atoms with E-state index in [9.17, 15) is 0 Å². The van der Waals surface area contributed by atoms with E-state index in [0.717, 1.165) is 35.1 Å². The summed E-state index contributed by atoms with van der Waals surface area (Å²) in [6.45, 7) is 7.96. The highest BCUT2D eigenvalue weighted by Gasteiger charge is 2.13. The molecule has 154 valence electrons. The Balaban J connectivity index is 1.78. The number of aryl methyl sites for hydroxylation is 2. The van der Waals surface area contributed by atoms with Gasteiger partial charge in [0.2, 0.25) is 4.77 Å². The molecule has 0 saturated heterocycles. The Hall–Kier alpha value is -2.64. The molecule has 3 aromatic rings. The minimum atomic E-state index is 0.591. The lowest BCUT2D eigenvalue weighted by Crippen LogP contribution is -2.22. The van der Waals surface area contributed by atoms with Crippen molar-refractivity contribution in [1.29, 1.82) is 0 Å². The van der Waals surface area contributed by atoms with Gasteiger partial charge in [-0.3, -0.25) is 9.47 Å². The van der Waals surface area contributed by atoms with E-state index in [2.05, 4.69) is 35.1 Å². The highest BCUT2D eigenvalue weighted by Crippen LogP contribution is 2.28. The maximum atomic E-state index is 5.72. The number of benzene rings is 2. The zero-order valence-corrected chi connectivity index (χ0v) is 18.5. The van der Waals surface area contributed by atoms with E-state index in [0.29, 0.717) is 18.0 Å². The van der Waals surface area contributed by atoms with Gasteiger partial charge in [0, 0.05) is 6.54 Å². The number of para-hydroxylation sites is 1. The number of ether oxygens (including phenoxy) is 2. The smallest absolute Gasteiger partial charge is 0.203 e. The molecule has 0 fully saturated rings. The summed E-state index contributed by atoms with van der Waals surface area (Å²) in [5.41, 5.74) is 3.37. The highest BCUT2D eigenvalue weighted by molar-refractivity contribution is 7.71. The average Bonchev–Trinajstić information content (AvgIpc) is 2.96. The van der Waals surface area contributed by atoms with Crippen LogP contribution in [0.2, 0.25) is 0 Å². The van der Waals surface area contributed by atoms with E-state index in [1.807, 2.05) is 54.4 Å². The van der Waals surface area contributed by atoms with Crippen LogP contribution >= 0.6 is 12.2 Å². The molecule has 0 unspecified atom stereocenters. The first-order valence-corrected chi connectivity index (χ1v) is 10.1. The normalized spacial score (nSPS) is 11.1. The fourth-order valence-electron chi connectivity index (χ4n) is 3.38. The Bertz CT molecular complexity index is 1040. The van der Waals surface area contributed by atoms with E-state index in [4.69, 9.17) is 21.7 Å². The summed E-state index contributed by atoms with van der Waals surface area (Å²) < 4.78 is 15.6. The first-order chi connectivity index (χ1) is 13.9. The van der Waals surface area contributed by atoms with Gasteiger partial charge in [0.05, 0.1) is 26.1 Å². The number of nitrogens with zero attached hydrogens (tertiary/aromatic N) is 4. The topological polar surface area (TPSA) is 44.5 Å². The fourth-order valence-corrected chi connectivity index (χ4v) is 3.70. The van der Waals surface area contributed by atoms with Gasteiger partial charge in [0.1, 0.15) is 5.82 Å². The van der Waals surface area contributed by atoms with E-state index in [-0.39, 0.29) is 0 Å². The van der Waals surface area contributed by atoms with Gasteiger partial charge in [0.25, 0.3) is 0 Å². The van der Waals surface area contributed by atoms with Crippen LogP contribution in [0.4, 0.5) is 0 Å². The third-order valence-corrected chi connectivity index (χ3v) is 5.11. The molecular formula is C22H28N4O2S. The fraction of sp³-hybridized carbons (Fsp3) is 0.364. The van der Waals surface area contributed by atoms with Crippen LogP contribution in [0.5, 0.6) is 11.5 Å². The molecule has 0 aliphatic rings. The lowest BCUT2D eigenvalue weighted by Gasteiger charge is -2.18. The molecule has 0 aliphatic heterocycles. The minimum Gasteiger partial charge on any atom is -0.493 e. The van der Waals surface area contributed by atoms with Crippen molar-refractivity contribution in [2.75, 3.05) is 20.8 Å². The maximum Gasteiger partial charge on any atom is 0.203 e. The Morgan fingerprint density at radius 3 is 2.55 bits per heavy atom. The van der Waals surface area contributed by atoms with Crippen LogP contribution in [0, 0.1) is 18.6 Å². The summed E-state index contributed by atoms with van der Waals surface area (Å²) in [7, 11) is 3.71. The third-order valence-electron chi connectivity index (χ3n) is 4.71. The monoisotopic (exact) mass is 412 g/mol. The average molecular weight is 413 g/mol. The van der Waals surface area contributed by atoms with Crippen LogP contribution < -0.4 is 9.47 Å². The van der Waals surface area contributed by atoms with Crippen LogP contribution in [0.15, 0.2) is 42.5 Å². The molecule has 0 spiro atoms. The highest BCUT2D eigenvalue weighted by atomic mass is 32.1. The summed E-state index contributed by atoms with van der Waals surface area (Å²) >= 11 is 5.72. The number of hydrogen-bond acceptors (Lipinski definition) is 5. The molecule has 0 amide bonds. The quantitative estimate of drug-likeness (QED) is 0.509. The number of methoxy groups -OCH3 is 1. The lowest BCUT2D eigenvalue weighted by atomic mass is 10.2. The van der Waals surface area contributed by atoms with Crippen LogP contribution in [0.25, 0.3) is 5.69 Å². The van der Waals surface area contributed by atoms with Crippen LogP contribution in [-0.4, -0.2) is 40.0 Å². The second-order valence-corrected chi connectivity index (χ2v) is 7.39. The number of aromatic nitrogens is 3. The molecule has 0 bridgehead atoms. The van der Waals surface area contributed by atoms with Crippen molar-refractivity contribution in [1.82, 2.24) is 19.2 Å². The van der Waals surface area contributed by atoms with Gasteiger partial charge in [0.15, 0.2) is 11.5 Å². The van der Waals surface area contributed by atoms with Crippen LogP contribution in [0.1, 0.15) is 23.9 Å². The summed E-state index contributed by atoms with van der Waals surface area (Å²) in [6.07, 6.45) is 0. The standard InChI is InChI=1S/C22H28N4O2S/c1-6-28-20-12-11-18(13-21(20)27-5)14-24(4)15-25-22(29)26(17(3)23-25)19-10-8-7-9-16(19)2/h7-13H,6,14-15H2,1-5H3. The maximum absolute atomic E-state index is 5.72. The van der Waals surface area contributed by atoms with E-state index in [1.54, 1.807) is 7.11 Å². The van der Waals surface area contributed by atoms with Crippen molar-refractivity contribution < 1.29 is 9.47 Å². The predicted molar refractivity (Wildman–Crippen MR) is 117 cm³/mol. The van der Waals surface area contributed by atoms with Gasteiger partial charge in [-0.1, -0.05) is 24.3 Å². The molecule has 3 rings (SSSR count). The van der Waals surface area contributed by atoms with Gasteiger partial charge in [-0.05, 0) is 69.4 Å². The molecule has 0 aliphatic carbocycles. The predicted octanol–water partition coefficient (Wildman–Crippen LogP) is 4.52. The van der Waals surface area contributed by atoms with Crippen molar-refractivity contribution in [2.24, 2.45) is 0 Å². The van der Waals surface area contributed by atoms with Crippen molar-refractivity contribution >= 4 is 12.2 Å². The van der Waals surface area contributed by atoms with Gasteiger partial charge >= 0.3 is 0 Å². The van der Waals surface area contributed by atoms with E-state index in [1.165, 1.54) is 5.56 Å². The summed E-state index contributed by atoms with van der Waals surface area (Å²) in [4.78, 5) is 2.17. The first kappa shape index (κ1) is 21.1. The van der Waals surface area contributed by atoms with Gasteiger partial charge in [-0.15, -0.1) is 0 Å². The number of rotatable bonds is 8. The molecule has 1 aromatic heterocycles. The van der Waals surface area contributed by atoms with Crippen molar-refractivity contribution in [3.63, 3.8) is 0 Å². The zero-order valence-electron chi connectivity index (χ0n) is 17.7. The van der Waals surface area contributed by atoms with Crippen LogP contribution in [0.3, 0.4) is 0 Å². The summed E-state index contributed by atoms with van der Waals surface area (Å²) in [5.74, 6) is 2.38. The molecule has 0 radical (unpaired) electrons. The Labute approximate surface area is 177 Å². The first-order valence-electron chi connectivity index (χ1n) is 9.65. The summed E-state index contributed by atoms with van der Waals surface area (Å²) in [6, 6.07) is 14.2. The molecule has 7 heteroatoms. The lowest BCUT2D eigenvalue weighted by molar-refractivity contribution is 0.243. The van der Waals surface area contributed by atoms with Gasteiger partial charge in [-0.2, -0.15) is 5.10 Å². The Morgan fingerprint density at radius 2 is 1.86 bits per heavy atom. The largest absolute Gasteiger partial charge is 0.493 e. The number of hydrogen-bond donors (Lipinski definition) is 0. The molecule has 29 heavy (non-hydrogen) atoms. The molecule has 0 saturated carbocycles. The molecule has 0 atom stereocenters. The Morgan fingerprint density at radius 1 is 1.10 bits per heavy atom.